The first-order valence-electron chi connectivity index (χ1n) is 6.47. The number of aromatic nitrogens is 4. The predicted molar refractivity (Wildman–Crippen MR) is 83.5 cm³/mol. The van der Waals surface area contributed by atoms with Crippen LogP contribution >= 0.6 is 11.6 Å². The molecule has 106 valence electrons. The maximum atomic E-state index is 6.06. The zero-order valence-corrected chi connectivity index (χ0v) is 12.5. The Bertz CT molecular complexity index is 744. The van der Waals surface area contributed by atoms with Gasteiger partial charge < -0.3 is 5.73 Å². The van der Waals surface area contributed by atoms with Gasteiger partial charge >= 0.3 is 0 Å². The quantitative estimate of drug-likeness (QED) is 0.738. The Hall–Kier alpha value is -2.40. The lowest BCUT2D eigenvalue weighted by Gasteiger charge is -2.10. The first-order chi connectivity index (χ1) is 10.1. The molecular weight excluding hydrogens is 286 g/mol. The highest BCUT2D eigenvalue weighted by Crippen LogP contribution is 2.29. The Kier molecular flexibility index (Phi) is 3.35. The topological polar surface area (TPSA) is 69.6 Å². The van der Waals surface area contributed by atoms with Crippen molar-refractivity contribution < 1.29 is 0 Å². The molecule has 2 aromatic carbocycles. The van der Waals surface area contributed by atoms with Crippen LogP contribution in [0.5, 0.6) is 0 Å². The smallest absolute Gasteiger partial charge is 0.189 e. The normalized spacial score (nSPS) is 10.8. The van der Waals surface area contributed by atoms with Crippen molar-refractivity contribution >= 4 is 17.3 Å². The summed E-state index contributed by atoms with van der Waals surface area (Å²) in [4.78, 5) is 0. The van der Waals surface area contributed by atoms with Crippen LogP contribution in [-0.2, 0) is 0 Å². The number of tetrazole rings is 1. The van der Waals surface area contributed by atoms with Crippen LogP contribution in [0.15, 0.2) is 36.4 Å². The summed E-state index contributed by atoms with van der Waals surface area (Å²) in [6.07, 6.45) is 0. The Morgan fingerprint density at radius 2 is 1.90 bits per heavy atom. The molecular formula is C15H14ClN5. The molecule has 0 bridgehead atoms. The second kappa shape index (κ2) is 5.18. The predicted octanol–water partition coefficient (Wildman–Crippen LogP) is 3.18. The van der Waals surface area contributed by atoms with Gasteiger partial charge in [0.25, 0.3) is 0 Å². The van der Waals surface area contributed by atoms with Gasteiger partial charge in [-0.05, 0) is 59.7 Å². The fourth-order valence-electron chi connectivity index (χ4n) is 2.19. The molecule has 0 radical (unpaired) electrons. The second-order valence-electron chi connectivity index (χ2n) is 4.94. The minimum atomic E-state index is 0.573. The lowest BCUT2D eigenvalue weighted by molar-refractivity contribution is 0.787. The van der Waals surface area contributed by atoms with Crippen molar-refractivity contribution in [1.29, 1.82) is 0 Å². The van der Waals surface area contributed by atoms with Crippen molar-refractivity contribution in [3.8, 4) is 17.1 Å². The van der Waals surface area contributed by atoms with Gasteiger partial charge in [-0.1, -0.05) is 23.7 Å². The first kappa shape index (κ1) is 13.6. The van der Waals surface area contributed by atoms with E-state index in [-0.39, 0.29) is 0 Å². The van der Waals surface area contributed by atoms with Crippen molar-refractivity contribution in [2.75, 3.05) is 5.73 Å². The number of hydrogen-bond donors (Lipinski definition) is 1. The fourth-order valence-corrected chi connectivity index (χ4v) is 2.36. The van der Waals surface area contributed by atoms with E-state index in [4.69, 9.17) is 17.3 Å². The number of nitrogens with two attached hydrogens (primary N) is 1. The van der Waals surface area contributed by atoms with Gasteiger partial charge in [0.15, 0.2) is 5.82 Å². The van der Waals surface area contributed by atoms with Crippen molar-refractivity contribution in [1.82, 2.24) is 20.2 Å². The van der Waals surface area contributed by atoms with Crippen LogP contribution < -0.4 is 5.73 Å². The summed E-state index contributed by atoms with van der Waals surface area (Å²) in [7, 11) is 0. The zero-order chi connectivity index (χ0) is 15.0. The van der Waals surface area contributed by atoms with Crippen LogP contribution in [-0.4, -0.2) is 20.2 Å². The monoisotopic (exact) mass is 299 g/mol. The highest BCUT2D eigenvalue weighted by Gasteiger charge is 2.15. The highest BCUT2D eigenvalue weighted by atomic mass is 35.5. The minimum Gasteiger partial charge on any atom is -0.398 e. The average Bonchev–Trinajstić information content (AvgIpc) is 2.93. The number of aryl methyl sites for hydroxylation is 2. The molecule has 0 aliphatic carbocycles. The molecule has 0 saturated heterocycles. The van der Waals surface area contributed by atoms with E-state index in [1.165, 1.54) is 0 Å². The summed E-state index contributed by atoms with van der Waals surface area (Å²) in [5.41, 5.74) is 10.5. The lowest BCUT2D eigenvalue weighted by atomic mass is 10.1. The molecule has 3 rings (SSSR count). The van der Waals surface area contributed by atoms with Crippen molar-refractivity contribution in [2.45, 2.75) is 13.8 Å². The minimum absolute atomic E-state index is 0.573. The van der Waals surface area contributed by atoms with Crippen molar-refractivity contribution in [2.24, 2.45) is 0 Å². The highest BCUT2D eigenvalue weighted by molar-refractivity contribution is 6.31. The summed E-state index contributed by atoms with van der Waals surface area (Å²) >= 11 is 6.06. The Labute approximate surface area is 127 Å². The molecule has 1 heterocycles. The standard InChI is InChI=1S/C15H14ClN5/c1-9-3-4-10(2)14(7-9)21-15(18-19-20-21)12-8-11(16)5-6-13(12)17/h3-8H,17H2,1-2H3. The number of hydrogen-bond acceptors (Lipinski definition) is 4. The van der Waals surface area contributed by atoms with Gasteiger partial charge in [-0.15, -0.1) is 5.10 Å². The maximum absolute atomic E-state index is 6.06. The molecule has 0 atom stereocenters. The molecule has 0 amide bonds. The van der Waals surface area contributed by atoms with E-state index in [1.807, 2.05) is 26.0 Å². The molecule has 0 unspecified atom stereocenters. The molecule has 0 saturated carbocycles. The van der Waals surface area contributed by atoms with Crippen molar-refractivity contribution in [3.63, 3.8) is 0 Å². The average molecular weight is 300 g/mol. The number of nitrogen functional groups attached to an aromatic ring is 1. The molecule has 5 nitrogen and oxygen atoms in total. The Balaban J connectivity index is 2.22. The summed E-state index contributed by atoms with van der Waals surface area (Å²) in [5.74, 6) is 0.573. The van der Waals surface area contributed by atoms with Crippen molar-refractivity contribution in [3.05, 3.63) is 52.5 Å². The van der Waals surface area contributed by atoms with Gasteiger partial charge in [0.05, 0.1) is 5.69 Å². The third-order valence-electron chi connectivity index (χ3n) is 3.32. The van der Waals surface area contributed by atoms with Gasteiger partial charge in [0, 0.05) is 16.3 Å². The van der Waals surface area contributed by atoms with E-state index in [1.54, 1.807) is 22.9 Å². The number of rotatable bonds is 2. The SMILES string of the molecule is Cc1ccc(C)c(-n2nnnc2-c2cc(Cl)ccc2N)c1. The van der Waals surface area contributed by atoms with E-state index >= 15 is 0 Å². The number of halogens is 1. The Morgan fingerprint density at radius 1 is 1.10 bits per heavy atom. The van der Waals surface area contributed by atoms with Crippen LogP contribution in [0.3, 0.4) is 0 Å². The summed E-state index contributed by atoms with van der Waals surface area (Å²) in [5, 5.41) is 12.6. The molecule has 3 aromatic rings. The van der Waals surface area contributed by atoms with E-state index in [0.29, 0.717) is 22.1 Å². The van der Waals surface area contributed by atoms with Gasteiger partial charge in [-0.3, -0.25) is 0 Å². The summed E-state index contributed by atoms with van der Waals surface area (Å²) in [6.45, 7) is 4.04. The van der Waals surface area contributed by atoms with E-state index < -0.39 is 0 Å². The van der Waals surface area contributed by atoms with Gasteiger partial charge in [-0.25, -0.2) is 0 Å². The van der Waals surface area contributed by atoms with Crippen LogP contribution in [0, 0.1) is 13.8 Å². The van der Waals surface area contributed by atoms with Crippen LogP contribution in [0.2, 0.25) is 5.02 Å². The maximum Gasteiger partial charge on any atom is 0.189 e. The number of nitrogens with zero attached hydrogens (tertiary/aromatic N) is 4. The third-order valence-corrected chi connectivity index (χ3v) is 3.55. The van der Waals surface area contributed by atoms with Gasteiger partial charge in [0.1, 0.15) is 0 Å². The molecule has 6 heteroatoms. The molecule has 0 aliphatic rings. The molecule has 0 spiro atoms. The molecule has 0 aliphatic heterocycles. The summed E-state index contributed by atoms with van der Waals surface area (Å²) in [6, 6.07) is 11.4. The first-order valence-corrected chi connectivity index (χ1v) is 6.85. The number of anilines is 1. The zero-order valence-electron chi connectivity index (χ0n) is 11.7. The largest absolute Gasteiger partial charge is 0.398 e. The van der Waals surface area contributed by atoms with E-state index in [2.05, 4.69) is 21.6 Å². The van der Waals surface area contributed by atoms with E-state index in [0.717, 1.165) is 16.8 Å². The molecule has 21 heavy (non-hydrogen) atoms. The molecule has 1 aromatic heterocycles. The van der Waals surface area contributed by atoms with Crippen LogP contribution in [0.4, 0.5) is 5.69 Å². The number of benzene rings is 2. The van der Waals surface area contributed by atoms with Crippen LogP contribution in [0.25, 0.3) is 17.1 Å². The van der Waals surface area contributed by atoms with Gasteiger partial charge in [0.2, 0.25) is 0 Å². The second-order valence-corrected chi connectivity index (χ2v) is 5.37. The summed E-state index contributed by atoms with van der Waals surface area (Å²) < 4.78 is 1.68. The lowest BCUT2D eigenvalue weighted by Crippen LogP contribution is -2.04. The van der Waals surface area contributed by atoms with Crippen LogP contribution in [0.1, 0.15) is 11.1 Å². The Morgan fingerprint density at radius 3 is 2.71 bits per heavy atom. The third kappa shape index (κ3) is 2.48. The van der Waals surface area contributed by atoms with Gasteiger partial charge in [-0.2, -0.15) is 4.68 Å². The molecule has 2 N–H and O–H groups in total. The molecule has 0 fully saturated rings. The fraction of sp³-hybridized carbons (Fsp3) is 0.133. The van der Waals surface area contributed by atoms with E-state index in [9.17, 15) is 0 Å².